The third-order valence-electron chi connectivity index (χ3n) is 5.84. The van der Waals surface area contributed by atoms with Crippen LogP contribution in [0.2, 0.25) is 5.02 Å². The van der Waals surface area contributed by atoms with E-state index in [1.54, 1.807) is 35.2 Å². The summed E-state index contributed by atoms with van der Waals surface area (Å²) in [5.74, 6) is -1.10. The average molecular weight is 412 g/mol. The van der Waals surface area contributed by atoms with Crippen LogP contribution in [0.4, 0.5) is 10.1 Å². The molecule has 1 heterocycles. The van der Waals surface area contributed by atoms with Crippen LogP contribution < -0.4 is 4.90 Å². The predicted molar refractivity (Wildman–Crippen MR) is 112 cm³/mol. The van der Waals surface area contributed by atoms with Crippen molar-refractivity contribution in [3.63, 3.8) is 0 Å². The minimum atomic E-state index is -0.557. The van der Waals surface area contributed by atoms with E-state index in [9.17, 15) is 14.0 Å². The van der Waals surface area contributed by atoms with Crippen molar-refractivity contribution in [2.45, 2.75) is 46.0 Å². The molecule has 0 N–H and O–H groups in total. The highest BCUT2D eigenvalue weighted by Crippen LogP contribution is 2.49. The van der Waals surface area contributed by atoms with E-state index in [2.05, 4.69) is 0 Å². The van der Waals surface area contributed by atoms with Crippen molar-refractivity contribution in [2.75, 3.05) is 4.90 Å². The average Bonchev–Trinajstić information content (AvgIpc) is 2.63. The molecule has 1 aliphatic heterocycles. The number of rotatable bonds is 2. The van der Waals surface area contributed by atoms with Crippen molar-refractivity contribution < 1.29 is 14.0 Å². The van der Waals surface area contributed by atoms with Crippen LogP contribution in [0.15, 0.2) is 53.7 Å². The number of anilines is 1. The molecule has 2 aromatic rings. The molecule has 2 aliphatic rings. The van der Waals surface area contributed by atoms with Gasteiger partial charge in [0.25, 0.3) is 0 Å². The molecular weight excluding hydrogens is 389 g/mol. The standard InChI is InChI=1S/C24H23ClFNO2/c1-14-8-9-15(25)10-19(14)27-20-12-24(2,3)13-21(28)23(20)17(11-22(27)29)16-6-4-5-7-18(16)26/h4-10,17H,11-13H2,1-3H3. The second-order valence-corrected chi connectivity index (χ2v) is 9.18. The third kappa shape index (κ3) is 3.51. The van der Waals surface area contributed by atoms with Crippen molar-refractivity contribution in [1.82, 2.24) is 0 Å². The number of carbonyl (C=O) groups is 2. The monoisotopic (exact) mass is 411 g/mol. The molecule has 1 unspecified atom stereocenters. The number of hydrogen-bond donors (Lipinski definition) is 0. The minimum absolute atomic E-state index is 0.0123. The van der Waals surface area contributed by atoms with Gasteiger partial charge in [-0.1, -0.05) is 49.7 Å². The molecular formula is C24H23ClFNO2. The molecule has 2 aromatic carbocycles. The highest BCUT2D eigenvalue weighted by atomic mass is 35.5. The fourth-order valence-electron chi connectivity index (χ4n) is 4.54. The molecule has 5 heteroatoms. The molecule has 1 aliphatic carbocycles. The summed E-state index contributed by atoms with van der Waals surface area (Å²) in [6.07, 6.45) is 1.00. The van der Waals surface area contributed by atoms with Gasteiger partial charge in [0, 0.05) is 35.1 Å². The van der Waals surface area contributed by atoms with E-state index in [0.717, 1.165) is 5.56 Å². The van der Waals surface area contributed by atoms with Crippen molar-refractivity contribution >= 4 is 29.0 Å². The Morgan fingerprint density at radius 3 is 2.55 bits per heavy atom. The van der Waals surface area contributed by atoms with Gasteiger partial charge in [0.05, 0.1) is 5.69 Å². The van der Waals surface area contributed by atoms with E-state index in [4.69, 9.17) is 11.6 Å². The lowest BCUT2D eigenvalue weighted by molar-refractivity contribution is -0.121. The zero-order chi connectivity index (χ0) is 20.9. The largest absolute Gasteiger partial charge is 0.294 e. The Labute approximate surface area is 175 Å². The van der Waals surface area contributed by atoms with E-state index in [1.807, 2.05) is 26.8 Å². The van der Waals surface area contributed by atoms with Crippen LogP contribution in [0.3, 0.4) is 0 Å². The number of ketones is 1. The second-order valence-electron chi connectivity index (χ2n) is 8.74. The number of benzene rings is 2. The SMILES string of the molecule is Cc1ccc(Cl)cc1N1C(=O)CC(c2ccccc2F)C2=C1CC(C)(C)CC2=O. The number of hydrogen-bond acceptors (Lipinski definition) is 2. The molecule has 4 rings (SSSR count). The maximum absolute atomic E-state index is 14.6. The van der Waals surface area contributed by atoms with Crippen molar-refractivity contribution in [1.29, 1.82) is 0 Å². The highest BCUT2D eigenvalue weighted by molar-refractivity contribution is 6.31. The Balaban J connectivity index is 1.95. The molecule has 3 nitrogen and oxygen atoms in total. The first-order valence-electron chi connectivity index (χ1n) is 9.78. The number of amides is 1. The zero-order valence-electron chi connectivity index (χ0n) is 16.8. The summed E-state index contributed by atoms with van der Waals surface area (Å²) in [4.78, 5) is 28.2. The Hall–Kier alpha value is -2.46. The second kappa shape index (κ2) is 7.10. The molecule has 0 saturated heterocycles. The molecule has 1 amide bonds. The van der Waals surface area contributed by atoms with Crippen LogP contribution in [0.25, 0.3) is 0 Å². The highest BCUT2D eigenvalue weighted by Gasteiger charge is 2.45. The molecule has 0 bridgehead atoms. The number of nitrogens with zero attached hydrogens (tertiary/aromatic N) is 1. The number of allylic oxidation sites excluding steroid dienone is 2. The zero-order valence-corrected chi connectivity index (χ0v) is 17.5. The number of carbonyl (C=O) groups excluding carboxylic acids is 2. The van der Waals surface area contributed by atoms with Crippen molar-refractivity contribution in [3.8, 4) is 0 Å². The molecule has 0 radical (unpaired) electrons. The van der Waals surface area contributed by atoms with Gasteiger partial charge in [0.2, 0.25) is 5.91 Å². The van der Waals surface area contributed by atoms with E-state index in [-0.39, 0.29) is 29.3 Å². The van der Waals surface area contributed by atoms with Crippen molar-refractivity contribution in [3.05, 3.63) is 75.7 Å². The summed E-state index contributed by atoms with van der Waals surface area (Å²) in [6.45, 7) is 5.96. The summed E-state index contributed by atoms with van der Waals surface area (Å²) in [5, 5.41) is 0.526. The molecule has 1 atom stereocenters. The Morgan fingerprint density at radius 2 is 1.83 bits per heavy atom. The minimum Gasteiger partial charge on any atom is -0.294 e. The smallest absolute Gasteiger partial charge is 0.232 e. The van der Waals surface area contributed by atoms with Crippen LogP contribution in [-0.4, -0.2) is 11.7 Å². The Morgan fingerprint density at radius 1 is 1.10 bits per heavy atom. The quantitative estimate of drug-likeness (QED) is 0.612. The van der Waals surface area contributed by atoms with Gasteiger partial charge in [-0.05, 0) is 48.1 Å². The predicted octanol–water partition coefficient (Wildman–Crippen LogP) is 5.95. The summed E-state index contributed by atoms with van der Waals surface area (Å²) < 4.78 is 14.6. The van der Waals surface area contributed by atoms with E-state index in [0.29, 0.717) is 40.4 Å². The van der Waals surface area contributed by atoms with Gasteiger partial charge in [0.1, 0.15) is 5.82 Å². The van der Waals surface area contributed by atoms with Crippen LogP contribution in [-0.2, 0) is 9.59 Å². The Kier molecular flexibility index (Phi) is 4.86. The molecule has 0 spiro atoms. The summed E-state index contributed by atoms with van der Waals surface area (Å²) >= 11 is 6.22. The van der Waals surface area contributed by atoms with E-state index in [1.165, 1.54) is 6.07 Å². The van der Waals surface area contributed by atoms with Crippen LogP contribution in [0.5, 0.6) is 0 Å². The van der Waals surface area contributed by atoms with Gasteiger partial charge in [0.15, 0.2) is 5.78 Å². The molecule has 0 saturated carbocycles. The van der Waals surface area contributed by atoms with Gasteiger partial charge in [-0.2, -0.15) is 0 Å². The van der Waals surface area contributed by atoms with Gasteiger partial charge in [-0.3, -0.25) is 14.5 Å². The van der Waals surface area contributed by atoms with Crippen LogP contribution >= 0.6 is 11.6 Å². The van der Waals surface area contributed by atoms with Crippen LogP contribution in [0.1, 0.15) is 50.2 Å². The third-order valence-corrected chi connectivity index (χ3v) is 6.07. The maximum Gasteiger partial charge on any atom is 0.232 e. The molecule has 0 fully saturated rings. The van der Waals surface area contributed by atoms with Crippen LogP contribution in [0, 0.1) is 18.2 Å². The summed E-state index contributed by atoms with van der Waals surface area (Å²) in [6, 6.07) is 11.8. The maximum atomic E-state index is 14.6. The summed E-state index contributed by atoms with van der Waals surface area (Å²) in [7, 11) is 0. The van der Waals surface area contributed by atoms with Crippen molar-refractivity contribution in [2.24, 2.45) is 5.41 Å². The number of halogens is 2. The fraction of sp³-hybridized carbons (Fsp3) is 0.333. The first kappa shape index (κ1) is 19.8. The topological polar surface area (TPSA) is 37.4 Å². The first-order valence-corrected chi connectivity index (χ1v) is 10.2. The van der Waals surface area contributed by atoms with E-state index < -0.39 is 5.92 Å². The molecule has 0 aromatic heterocycles. The fourth-order valence-corrected chi connectivity index (χ4v) is 4.71. The van der Waals surface area contributed by atoms with E-state index >= 15 is 0 Å². The first-order chi connectivity index (χ1) is 13.7. The number of Topliss-reactive ketones (excluding diaryl/α,β-unsaturated/α-hetero) is 1. The number of aryl methyl sites for hydroxylation is 1. The normalized spacial score (nSPS) is 21.4. The van der Waals surface area contributed by atoms with Gasteiger partial charge >= 0.3 is 0 Å². The summed E-state index contributed by atoms with van der Waals surface area (Å²) in [5.41, 5.74) is 2.96. The lowest BCUT2D eigenvalue weighted by atomic mass is 9.69. The van der Waals surface area contributed by atoms with Gasteiger partial charge < -0.3 is 0 Å². The lowest BCUT2D eigenvalue weighted by Crippen LogP contribution is -2.44. The van der Waals surface area contributed by atoms with Gasteiger partial charge in [-0.15, -0.1) is 0 Å². The van der Waals surface area contributed by atoms with Gasteiger partial charge in [-0.25, -0.2) is 4.39 Å². The molecule has 29 heavy (non-hydrogen) atoms. The Bertz CT molecular complexity index is 1060. The molecule has 150 valence electrons. The lowest BCUT2D eigenvalue weighted by Gasteiger charge is -2.43.